The highest BCUT2D eigenvalue weighted by atomic mass is 32.1. The molecule has 0 bridgehead atoms. The summed E-state index contributed by atoms with van der Waals surface area (Å²) in [5.74, 6) is 0. The average molecular weight is 268 g/mol. The third-order valence-electron chi connectivity index (χ3n) is 4.29. The number of hydrogen-bond acceptors (Lipinski definition) is 4. The summed E-state index contributed by atoms with van der Waals surface area (Å²) >= 11 is 1.77. The molecular formula is C14H24N2OS. The van der Waals surface area contributed by atoms with Crippen molar-refractivity contribution in [1.82, 2.24) is 10.3 Å². The van der Waals surface area contributed by atoms with Gasteiger partial charge in [0, 0.05) is 25.2 Å². The van der Waals surface area contributed by atoms with Crippen LogP contribution in [0.1, 0.15) is 44.5 Å². The first-order chi connectivity index (χ1) is 8.62. The van der Waals surface area contributed by atoms with Crippen LogP contribution in [0.15, 0.2) is 11.6 Å². The molecule has 1 aromatic heterocycles. The lowest BCUT2D eigenvalue weighted by Gasteiger charge is -2.49. The van der Waals surface area contributed by atoms with Gasteiger partial charge in [0.25, 0.3) is 0 Å². The van der Waals surface area contributed by atoms with Crippen LogP contribution < -0.4 is 5.32 Å². The molecule has 1 N–H and O–H groups in total. The molecule has 1 aromatic rings. The molecule has 1 unspecified atom stereocenters. The second kappa shape index (κ2) is 5.68. The zero-order valence-electron chi connectivity index (χ0n) is 11.7. The molecule has 4 heteroatoms. The maximum atomic E-state index is 5.18. The van der Waals surface area contributed by atoms with E-state index in [9.17, 15) is 0 Å². The SMILES string of the molecule is COCCNC1(c2nccs2)CCCCC1(C)C. The largest absolute Gasteiger partial charge is 0.383 e. The van der Waals surface area contributed by atoms with Crippen molar-refractivity contribution in [2.24, 2.45) is 5.41 Å². The molecule has 0 spiro atoms. The van der Waals surface area contributed by atoms with Crippen molar-refractivity contribution in [3.63, 3.8) is 0 Å². The van der Waals surface area contributed by atoms with Gasteiger partial charge in [0.2, 0.25) is 0 Å². The molecule has 1 heterocycles. The molecule has 1 fully saturated rings. The molecule has 1 atom stereocenters. The summed E-state index contributed by atoms with van der Waals surface area (Å²) in [5, 5.41) is 7.07. The summed E-state index contributed by atoms with van der Waals surface area (Å²) in [6, 6.07) is 0. The van der Waals surface area contributed by atoms with Crippen LogP contribution in [-0.4, -0.2) is 25.2 Å². The van der Waals surface area contributed by atoms with Gasteiger partial charge in [0.1, 0.15) is 5.01 Å². The molecule has 1 aliphatic rings. The van der Waals surface area contributed by atoms with Crippen LogP contribution in [0.4, 0.5) is 0 Å². The summed E-state index contributed by atoms with van der Waals surface area (Å²) in [6.07, 6.45) is 6.96. The highest BCUT2D eigenvalue weighted by Crippen LogP contribution is 2.50. The van der Waals surface area contributed by atoms with Crippen molar-refractivity contribution in [1.29, 1.82) is 0 Å². The summed E-state index contributed by atoms with van der Waals surface area (Å²) in [6.45, 7) is 6.38. The van der Waals surface area contributed by atoms with E-state index in [1.165, 1.54) is 30.7 Å². The van der Waals surface area contributed by atoms with Crippen LogP contribution in [0.2, 0.25) is 0 Å². The van der Waals surface area contributed by atoms with Gasteiger partial charge >= 0.3 is 0 Å². The Hall–Kier alpha value is -0.450. The number of aromatic nitrogens is 1. The molecule has 18 heavy (non-hydrogen) atoms. The van der Waals surface area contributed by atoms with Crippen molar-refractivity contribution in [3.05, 3.63) is 16.6 Å². The van der Waals surface area contributed by atoms with E-state index < -0.39 is 0 Å². The van der Waals surface area contributed by atoms with Crippen LogP contribution in [0.3, 0.4) is 0 Å². The van der Waals surface area contributed by atoms with Crippen LogP contribution in [0, 0.1) is 5.41 Å². The minimum Gasteiger partial charge on any atom is -0.383 e. The van der Waals surface area contributed by atoms with Gasteiger partial charge in [-0.1, -0.05) is 26.7 Å². The fourth-order valence-electron chi connectivity index (χ4n) is 3.11. The Balaban J connectivity index is 2.26. The van der Waals surface area contributed by atoms with E-state index in [1.807, 2.05) is 6.20 Å². The average Bonchev–Trinajstić information content (AvgIpc) is 2.85. The van der Waals surface area contributed by atoms with E-state index in [0.717, 1.165) is 13.2 Å². The van der Waals surface area contributed by atoms with E-state index >= 15 is 0 Å². The van der Waals surface area contributed by atoms with Crippen molar-refractivity contribution >= 4 is 11.3 Å². The van der Waals surface area contributed by atoms with Crippen molar-refractivity contribution < 1.29 is 4.74 Å². The lowest BCUT2D eigenvalue weighted by Crippen LogP contribution is -2.55. The van der Waals surface area contributed by atoms with Crippen LogP contribution >= 0.6 is 11.3 Å². The van der Waals surface area contributed by atoms with Gasteiger partial charge < -0.3 is 10.1 Å². The van der Waals surface area contributed by atoms with Crippen molar-refractivity contribution in [2.45, 2.75) is 45.1 Å². The summed E-state index contributed by atoms with van der Waals surface area (Å²) in [4.78, 5) is 4.60. The highest BCUT2D eigenvalue weighted by Gasteiger charge is 2.49. The molecule has 2 rings (SSSR count). The molecule has 1 saturated carbocycles. The maximum Gasteiger partial charge on any atom is 0.113 e. The van der Waals surface area contributed by atoms with E-state index in [-0.39, 0.29) is 11.0 Å². The maximum absolute atomic E-state index is 5.18. The summed E-state index contributed by atoms with van der Waals surface area (Å²) in [5.41, 5.74) is 0.273. The van der Waals surface area contributed by atoms with E-state index in [0.29, 0.717) is 0 Å². The van der Waals surface area contributed by atoms with E-state index in [4.69, 9.17) is 4.74 Å². The second-order valence-corrected chi connectivity index (χ2v) is 6.65. The predicted molar refractivity (Wildman–Crippen MR) is 75.9 cm³/mol. The Bertz CT molecular complexity index is 364. The first kappa shape index (κ1) is 14.0. The Morgan fingerprint density at radius 1 is 1.39 bits per heavy atom. The molecular weight excluding hydrogens is 244 g/mol. The van der Waals surface area contributed by atoms with Gasteiger partial charge in [-0.2, -0.15) is 0 Å². The Kier molecular flexibility index (Phi) is 4.41. The minimum atomic E-state index is 0.0257. The monoisotopic (exact) mass is 268 g/mol. The third-order valence-corrected chi connectivity index (χ3v) is 5.22. The van der Waals surface area contributed by atoms with Crippen molar-refractivity contribution in [3.8, 4) is 0 Å². The molecule has 3 nitrogen and oxygen atoms in total. The minimum absolute atomic E-state index is 0.0257. The standard InChI is InChI=1S/C14H24N2OS/c1-13(2)6-4-5-7-14(13,16-8-10-17-3)12-15-9-11-18-12/h9,11,16H,4-8,10H2,1-3H3. The van der Waals surface area contributed by atoms with Gasteiger partial charge in [-0.3, -0.25) is 0 Å². The number of nitrogens with one attached hydrogen (secondary N) is 1. The number of rotatable bonds is 5. The number of nitrogens with zero attached hydrogens (tertiary/aromatic N) is 1. The first-order valence-electron chi connectivity index (χ1n) is 6.76. The summed E-state index contributed by atoms with van der Waals surface area (Å²) in [7, 11) is 1.75. The number of hydrogen-bond donors (Lipinski definition) is 1. The van der Waals surface area contributed by atoms with E-state index in [1.54, 1.807) is 18.4 Å². The van der Waals surface area contributed by atoms with Crippen LogP contribution in [0.25, 0.3) is 0 Å². The normalized spacial score (nSPS) is 27.3. The highest BCUT2D eigenvalue weighted by molar-refractivity contribution is 7.09. The van der Waals surface area contributed by atoms with E-state index in [2.05, 4.69) is 29.5 Å². The zero-order valence-corrected chi connectivity index (χ0v) is 12.5. The van der Waals surface area contributed by atoms with Crippen molar-refractivity contribution in [2.75, 3.05) is 20.3 Å². The van der Waals surface area contributed by atoms with Gasteiger partial charge in [-0.15, -0.1) is 11.3 Å². The number of ether oxygens (including phenoxy) is 1. The quantitative estimate of drug-likeness (QED) is 0.833. The Labute approximate surface area is 114 Å². The lowest BCUT2D eigenvalue weighted by atomic mass is 9.63. The fourth-order valence-corrected chi connectivity index (χ4v) is 4.13. The fraction of sp³-hybridized carbons (Fsp3) is 0.786. The smallest absolute Gasteiger partial charge is 0.113 e. The molecule has 0 saturated heterocycles. The van der Waals surface area contributed by atoms with Crippen LogP contribution in [0.5, 0.6) is 0 Å². The van der Waals surface area contributed by atoms with Gasteiger partial charge in [0.05, 0.1) is 12.1 Å². The second-order valence-electron chi connectivity index (χ2n) is 5.75. The molecule has 0 amide bonds. The number of thiazole rings is 1. The summed E-state index contributed by atoms with van der Waals surface area (Å²) < 4.78 is 5.18. The zero-order chi connectivity index (χ0) is 13.1. The molecule has 1 aliphatic carbocycles. The Morgan fingerprint density at radius 3 is 2.78 bits per heavy atom. The molecule has 0 aromatic carbocycles. The topological polar surface area (TPSA) is 34.1 Å². The molecule has 0 aliphatic heterocycles. The Morgan fingerprint density at radius 2 is 2.17 bits per heavy atom. The van der Waals surface area contributed by atoms with Crippen LogP contribution in [-0.2, 0) is 10.3 Å². The third kappa shape index (κ3) is 2.46. The van der Waals surface area contributed by atoms with Gasteiger partial charge in [-0.25, -0.2) is 4.98 Å². The van der Waals surface area contributed by atoms with Gasteiger partial charge in [-0.05, 0) is 18.3 Å². The molecule has 102 valence electrons. The van der Waals surface area contributed by atoms with Gasteiger partial charge in [0.15, 0.2) is 0 Å². The molecule has 0 radical (unpaired) electrons. The predicted octanol–water partition coefficient (Wildman–Crippen LogP) is 3.17. The lowest BCUT2D eigenvalue weighted by molar-refractivity contribution is 0.0512. The first-order valence-corrected chi connectivity index (χ1v) is 7.64. The number of methoxy groups -OCH3 is 1.